The Labute approximate surface area is 242 Å². The lowest BCUT2D eigenvalue weighted by Crippen LogP contribution is -2.11. The molecule has 0 atom stereocenters. The van der Waals surface area contributed by atoms with Crippen LogP contribution in [0, 0.1) is 3.57 Å². The highest BCUT2D eigenvalue weighted by Crippen LogP contribution is 2.37. The quantitative estimate of drug-likeness (QED) is 0.160. The minimum absolute atomic E-state index is 0.152. The first-order valence-electron chi connectivity index (χ1n) is 11.8. The molecule has 9 heteroatoms. The van der Waals surface area contributed by atoms with Crippen LogP contribution in [0.4, 0.5) is 5.69 Å². The smallest absolute Gasteiger partial charge is 0.339 e. The monoisotopic (exact) mass is 652 g/mol. The number of benzene rings is 4. The van der Waals surface area contributed by atoms with Gasteiger partial charge in [0.1, 0.15) is 23.7 Å². The summed E-state index contributed by atoms with van der Waals surface area (Å²) in [5, 5.41) is 23.5. The number of carboxylic acids is 1. The molecule has 7 nitrogen and oxygen atoms in total. The van der Waals surface area contributed by atoms with Crippen LogP contribution in [0.5, 0.6) is 11.5 Å². The van der Waals surface area contributed by atoms with E-state index in [1.54, 1.807) is 30.3 Å². The van der Waals surface area contributed by atoms with Gasteiger partial charge in [-0.25, -0.2) is 4.79 Å². The van der Waals surface area contributed by atoms with E-state index in [-0.39, 0.29) is 17.2 Å². The summed E-state index contributed by atoms with van der Waals surface area (Å²) in [6.45, 7) is 0.385. The van der Waals surface area contributed by atoms with Gasteiger partial charge in [-0.1, -0.05) is 54.1 Å². The highest BCUT2D eigenvalue weighted by molar-refractivity contribution is 14.1. The summed E-state index contributed by atoms with van der Waals surface area (Å²) in [6, 6.07) is 24.9. The maximum Gasteiger partial charge on any atom is 0.339 e. The Hall–Kier alpha value is -4.02. The number of aryl methyl sites for hydroxylation is 1. The van der Waals surface area contributed by atoms with Gasteiger partial charge in [-0.2, -0.15) is 0 Å². The molecule has 0 saturated heterocycles. The molecule has 0 aliphatic rings. The van der Waals surface area contributed by atoms with Crippen molar-refractivity contribution in [1.82, 2.24) is 4.57 Å². The number of ether oxygens (including phenoxy) is 1. The molecule has 1 heterocycles. The van der Waals surface area contributed by atoms with E-state index in [1.807, 2.05) is 54.1 Å². The molecule has 5 aromatic rings. The second kappa shape index (κ2) is 11.0. The molecule has 39 heavy (non-hydrogen) atoms. The summed E-state index contributed by atoms with van der Waals surface area (Å²) in [6.07, 6.45) is 0. The predicted octanol–water partition coefficient (Wildman–Crippen LogP) is 7.34. The SMILES string of the molecule is Cn1c(-c2ccc(C(=O)Nc3ccc(OCc4ccccc4)c(Cl)c3)cc2)c(I)c2cc(C(=O)O)c(O)cc21. The number of phenols is 1. The number of nitrogens with one attached hydrogen (secondary N) is 1. The van der Waals surface area contributed by atoms with Crippen LogP contribution in [0.25, 0.3) is 22.2 Å². The van der Waals surface area contributed by atoms with Crippen LogP contribution in [0.3, 0.4) is 0 Å². The van der Waals surface area contributed by atoms with Crippen molar-refractivity contribution >= 4 is 62.7 Å². The molecule has 3 N–H and O–H groups in total. The molecule has 1 amide bonds. The molecule has 0 bridgehead atoms. The van der Waals surface area contributed by atoms with E-state index in [9.17, 15) is 19.8 Å². The Balaban J connectivity index is 1.32. The molecule has 0 spiro atoms. The van der Waals surface area contributed by atoms with Crippen molar-refractivity contribution in [2.75, 3.05) is 5.32 Å². The molecule has 0 fully saturated rings. The fourth-order valence-corrected chi connectivity index (χ4v) is 5.67. The Morgan fingerprint density at radius 3 is 2.38 bits per heavy atom. The van der Waals surface area contributed by atoms with Gasteiger partial charge in [0.05, 0.1) is 16.2 Å². The van der Waals surface area contributed by atoms with Crippen LogP contribution >= 0.6 is 34.2 Å². The Bertz CT molecular complexity index is 1720. The molecule has 5 rings (SSSR count). The number of amides is 1. The van der Waals surface area contributed by atoms with Gasteiger partial charge < -0.3 is 24.8 Å². The molecular weight excluding hydrogens is 631 g/mol. The van der Waals surface area contributed by atoms with Gasteiger partial charge in [-0.15, -0.1) is 0 Å². The summed E-state index contributed by atoms with van der Waals surface area (Å²) in [7, 11) is 1.84. The summed E-state index contributed by atoms with van der Waals surface area (Å²) in [5.74, 6) is -1.25. The largest absolute Gasteiger partial charge is 0.507 e. The van der Waals surface area contributed by atoms with Gasteiger partial charge in [0.15, 0.2) is 0 Å². The topological polar surface area (TPSA) is 101 Å². The van der Waals surface area contributed by atoms with Crippen LogP contribution in [0.1, 0.15) is 26.3 Å². The highest BCUT2D eigenvalue weighted by atomic mass is 127. The molecule has 0 aliphatic carbocycles. The lowest BCUT2D eigenvalue weighted by atomic mass is 10.1. The average molecular weight is 653 g/mol. The molecule has 1 aromatic heterocycles. The lowest BCUT2D eigenvalue weighted by Gasteiger charge is -2.11. The molecule has 4 aromatic carbocycles. The zero-order chi connectivity index (χ0) is 27.7. The third-order valence-corrected chi connectivity index (χ3v) is 7.72. The van der Waals surface area contributed by atoms with E-state index in [4.69, 9.17) is 16.3 Å². The number of hydrogen-bond donors (Lipinski definition) is 3. The molecule has 0 radical (unpaired) electrons. The maximum atomic E-state index is 12.9. The first kappa shape index (κ1) is 26.6. The van der Waals surface area contributed by atoms with Gasteiger partial charge in [-0.3, -0.25) is 4.79 Å². The zero-order valence-electron chi connectivity index (χ0n) is 20.6. The van der Waals surface area contributed by atoms with Gasteiger partial charge in [-0.05, 0) is 70.1 Å². The minimum atomic E-state index is -1.19. The van der Waals surface area contributed by atoms with E-state index in [2.05, 4.69) is 27.9 Å². The van der Waals surface area contributed by atoms with Crippen LogP contribution in [0.15, 0.2) is 84.9 Å². The van der Waals surface area contributed by atoms with E-state index < -0.39 is 5.97 Å². The number of rotatable bonds is 7. The van der Waals surface area contributed by atoms with Gasteiger partial charge in [0.25, 0.3) is 5.91 Å². The normalized spacial score (nSPS) is 10.9. The summed E-state index contributed by atoms with van der Waals surface area (Å²) < 4.78 is 8.53. The van der Waals surface area contributed by atoms with Crippen molar-refractivity contribution in [1.29, 1.82) is 0 Å². The fraction of sp³-hybridized carbons (Fsp3) is 0.0667. The molecule has 0 aliphatic heterocycles. The van der Waals surface area contributed by atoms with Crippen molar-refractivity contribution < 1.29 is 24.5 Å². The van der Waals surface area contributed by atoms with E-state index in [0.29, 0.717) is 34.1 Å². The van der Waals surface area contributed by atoms with Crippen LogP contribution in [0.2, 0.25) is 5.02 Å². The number of aromatic carboxylic acids is 1. The van der Waals surface area contributed by atoms with Crippen molar-refractivity contribution in [2.45, 2.75) is 6.61 Å². The summed E-state index contributed by atoms with van der Waals surface area (Å²) in [4.78, 5) is 24.4. The van der Waals surface area contributed by atoms with Crippen molar-refractivity contribution in [2.24, 2.45) is 7.05 Å². The second-order valence-corrected chi connectivity index (χ2v) is 10.4. The predicted molar refractivity (Wildman–Crippen MR) is 160 cm³/mol. The molecule has 196 valence electrons. The van der Waals surface area contributed by atoms with Gasteiger partial charge >= 0.3 is 5.97 Å². The number of carbonyl (C=O) groups excluding carboxylic acids is 1. The van der Waals surface area contributed by atoms with Gasteiger partial charge in [0, 0.05) is 33.3 Å². The number of carbonyl (C=O) groups is 2. The standard InChI is InChI=1S/C30H22ClIN2O5/c1-34-24-15-25(35)22(30(37)38)14-21(24)27(32)28(34)18-7-9-19(10-8-18)29(36)33-20-11-12-26(23(31)13-20)39-16-17-5-3-2-4-6-17/h2-15,35H,16H2,1H3,(H,33,36)(H,37,38). The van der Waals surface area contributed by atoms with Crippen molar-refractivity contribution in [3.8, 4) is 22.8 Å². The number of halogens is 2. The Kier molecular flexibility index (Phi) is 7.49. The number of nitrogens with zero attached hydrogens (tertiary/aromatic N) is 1. The number of hydrogen-bond acceptors (Lipinski definition) is 4. The number of carboxylic acid groups (broad SMARTS) is 1. The average Bonchev–Trinajstić information content (AvgIpc) is 3.16. The first-order chi connectivity index (χ1) is 18.7. The van der Waals surface area contributed by atoms with Crippen LogP contribution in [-0.2, 0) is 13.7 Å². The molecular formula is C30H22ClIN2O5. The molecule has 0 unspecified atom stereocenters. The van der Waals surface area contributed by atoms with E-state index >= 15 is 0 Å². The summed E-state index contributed by atoms with van der Waals surface area (Å²) in [5.41, 5.74) is 4.26. The zero-order valence-corrected chi connectivity index (χ0v) is 23.5. The van der Waals surface area contributed by atoms with E-state index in [0.717, 1.165) is 25.8 Å². The van der Waals surface area contributed by atoms with Crippen molar-refractivity contribution in [3.05, 3.63) is 110 Å². The van der Waals surface area contributed by atoms with Crippen molar-refractivity contribution in [3.63, 3.8) is 0 Å². The molecule has 0 saturated carbocycles. The minimum Gasteiger partial charge on any atom is -0.507 e. The fourth-order valence-electron chi connectivity index (χ4n) is 4.33. The summed E-state index contributed by atoms with van der Waals surface area (Å²) >= 11 is 8.56. The number of anilines is 1. The van der Waals surface area contributed by atoms with E-state index in [1.165, 1.54) is 12.1 Å². The highest BCUT2D eigenvalue weighted by Gasteiger charge is 2.20. The second-order valence-electron chi connectivity index (χ2n) is 8.86. The lowest BCUT2D eigenvalue weighted by molar-refractivity contribution is 0.0693. The maximum absolute atomic E-state index is 12.9. The number of fused-ring (bicyclic) bond motifs is 1. The van der Waals surface area contributed by atoms with Crippen LogP contribution < -0.4 is 10.1 Å². The Morgan fingerprint density at radius 1 is 1.00 bits per heavy atom. The third-order valence-electron chi connectivity index (χ3n) is 6.33. The first-order valence-corrected chi connectivity index (χ1v) is 13.3. The van der Waals surface area contributed by atoms with Crippen LogP contribution in [-0.4, -0.2) is 26.7 Å². The Morgan fingerprint density at radius 2 is 1.72 bits per heavy atom. The van der Waals surface area contributed by atoms with Gasteiger partial charge in [0.2, 0.25) is 0 Å². The number of aromatic hydroxyl groups is 1. The third kappa shape index (κ3) is 5.43. The number of aromatic nitrogens is 1.